The van der Waals surface area contributed by atoms with Crippen LogP contribution in [0.4, 0.5) is 0 Å². The van der Waals surface area contributed by atoms with Crippen molar-refractivity contribution in [2.45, 2.75) is 110 Å². The molecule has 0 unspecified atom stereocenters. The minimum atomic E-state index is 1.21. The van der Waals surface area contributed by atoms with Gasteiger partial charge < -0.3 is 0 Å². The fraction of sp³-hybridized carbons (Fsp3) is 0.727. The zero-order valence-corrected chi connectivity index (χ0v) is 16.9. The van der Waals surface area contributed by atoms with Gasteiger partial charge in [-0.3, -0.25) is 0 Å². The van der Waals surface area contributed by atoms with E-state index < -0.39 is 0 Å². The number of thiol groups is 1. The average molecular weight is 335 g/mol. The molecule has 0 aromatic heterocycles. The molecule has 0 heterocycles. The molecule has 0 aliphatic rings. The second kappa shape index (κ2) is 12.0. The highest BCUT2D eigenvalue weighted by molar-refractivity contribution is 7.80. The predicted octanol–water partition coefficient (Wildman–Crippen LogP) is 7.35. The van der Waals surface area contributed by atoms with Gasteiger partial charge in [0.1, 0.15) is 0 Å². The molecule has 0 saturated carbocycles. The highest BCUT2D eigenvalue weighted by Gasteiger charge is 2.15. The molecule has 0 fully saturated rings. The van der Waals surface area contributed by atoms with E-state index in [4.69, 9.17) is 12.6 Å². The minimum Gasteiger partial charge on any atom is -0.143 e. The Bertz CT molecular complexity index is 448. The highest BCUT2D eigenvalue weighted by Crippen LogP contribution is 2.31. The van der Waals surface area contributed by atoms with Crippen molar-refractivity contribution < 1.29 is 0 Å². The first kappa shape index (κ1) is 20.6. The van der Waals surface area contributed by atoms with Gasteiger partial charge in [-0.15, -0.1) is 12.6 Å². The van der Waals surface area contributed by atoms with E-state index in [0.29, 0.717) is 0 Å². The maximum absolute atomic E-state index is 4.89. The molecule has 1 aromatic rings. The van der Waals surface area contributed by atoms with Gasteiger partial charge in [-0.1, -0.05) is 53.4 Å². The van der Waals surface area contributed by atoms with Crippen LogP contribution in [0.15, 0.2) is 11.0 Å². The van der Waals surface area contributed by atoms with Gasteiger partial charge in [0.05, 0.1) is 0 Å². The Morgan fingerprint density at radius 2 is 1.04 bits per heavy atom. The molecular formula is C22H38S. The molecule has 0 atom stereocenters. The molecule has 23 heavy (non-hydrogen) atoms. The molecule has 1 rings (SSSR count). The fourth-order valence-electron chi connectivity index (χ4n) is 3.41. The summed E-state index contributed by atoms with van der Waals surface area (Å²) in [6.07, 6.45) is 15.3. The monoisotopic (exact) mass is 334 g/mol. The van der Waals surface area contributed by atoms with E-state index in [0.717, 1.165) is 0 Å². The molecule has 1 heteroatoms. The third kappa shape index (κ3) is 6.53. The van der Waals surface area contributed by atoms with Crippen LogP contribution in [0.1, 0.15) is 101 Å². The Labute approximate surface area is 150 Å². The summed E-state index contributed by atoms with van der Waals surface area (Å²) in [5.41, 5.74) is 6.52. The largest absolute Gasteiger partial charge is 0.143 e. The summed E-state index contributed by atoms with van der Waals surface area (Å²) in [6.45, 7) is 9.20. The van der Waals surface area contributed by atoms with Crippen LogP contribution in [-0.4, -0.2) is 0 Å². The normalized spacial score (nSPS) is 11.2. The number of rotatable bonds is 12. The third-order valence-corrected chi connectivity index (χ3v) is 5.28. The Kier molecular flexibility index (Phi) is 10.8. The van der Waals surface area contributed by atoms with Gasteiger partial charge in [0.15, 0.2) is 0 Å². The lowest BCUT2D eigenvalue weighted by Gasteiger charge is -2.21. The SMILES string of the molecule is CCCCc1cc(S)c(CCCC)c(CCCC)c1CCCC. The van der Waals surface area contributed by atoms with Gasteiger partial charge >= 0.3 is 0 Å². The molecule has 0 aliphatic heterocycles. The molecule has 132 valence electrons. The lowest BCUT2D eigenvalue weighted by molar-refractivity contribution is 0.711. The van der Waals surface area contributed by atoms with Gasteiger partial charge in [0.2, 0.25) is 0 Å². The van der Waals surface area contributed by atoms with Crippen molar-refractivity contribution in [3.63, 3.8) is 0 Å². The fourth-order valence-corrected chi connectivity index (χ4v) is 3.82. The van der Waals surface area contributed by atoms with Gasteiger partial charge in [0.25, 0.3) is 0 Å². The predicted molar refractivity (Wildman–Crippen MR) is 108 cm³/mol. The number of hydrogen-bond donors (Lipinski definition) is 1. The second-order valence-electron chi connectivity index (χ2n) is 6.90. The number of benzene rings is 1. The lowest BCUT2D eigenvalue weighted by atomic mass is 9.86. The molecule has 0 N–H and O–H groups in total. The van der Waals surface area contributed by atoms with Gasteiger partial charge in [-0.2, -0.15) is 0 Å². The van der Waals surface area contributed by atoms with Crippen molar-refractivity contribution in [3.05, 3.63) is 28.3 Å². The summed E-state index contributed by atoms with van der Waals surface area (Å²) in [6, 6.07) is 2.41. The zero-order chi connectivity index (χ0) is 17.1. The molecule has 0 radical (unpaired) electrons. The van der Waals surface area contributed by atoms with E-state index in [1.165, 1.54) is 81.9 Å². The molecule has 0 spiro atoms. The summed E-state index contributed by atoms with van der Waals surface area (Å²) >= 11 is 4.89. The number of unbranched alkanes of at least 4 members (excludes halogenated alkanes) is 4. The molecule has 0 bridgehead atoms. The van der Waals surface area contributed by atoms with E-state index >= 15 is 0 Å². The molecule has 0 nitrogen and oxygen atoms in total. The first-order chi connectivity index (χ1) is 11.2. The summed E-state index contributed by atoms with van der Waals surface area (Å²) < 4.78 is 0. The molecule has 0 aliphatic carbocycles. The summed E-state index contributed by atoms with van der Waals surface area (Å²) in [5, 5.41) is 0. The summed E-state index contributed by atoms with van der Waals surface area (Å²) in [4.78, 5) is 1.26. The van der Waals surface area contributed by atoms with Crippen molar-refractivity contribution in [1.82, 2.24) is 0 Å². The molecule has 1 aromatic carbocycles. The van der Waals surface area contributed by atoms with Crippen LogP contribution in [0.3, 0.4) is 0 Å². The van der Waals surface area contributed by atoms with Crippen LogP contribution in [0.5, 0.6) is 0 Å². The van der Waals surface area contributed by atoms with Crippen LogP contribution in [0.2, 0.25) is 0 Å². The lowest BCUT2D eigenvalue weighted by Crippen LogP contribution is -2.07. The van der Waals surface area contributed by atoms with Gasteiger partial charge in [0, 0.05) is 4.90 Å². The Morgan fingerprint density at radius 1 is 0.609 bits per heavy atom. The van der Waals surface area contributed by atoms with E-state index in [-0.39, 0.29) is 0 Å². The van der Waals surface area contributed by atoms with Crippen LogP contribution in [-0.2, 0) is 25.7 Å². The molecule has 0 amide bonds. The van der Waals surface area contributed by atoms with E-state index in [1.54, 1.807) is 22.3 Å². The highest BCUT2D eigenvalue weighted by atomic mass is 32.1. The molecular weight excluding hydrogens is 296 g/mol. The van der Waals surface area contributed by atoms with Gasteiger partial charge in [-0.05, 0) is 79.7 Å². The first-order valence-corrected chi connectivity index (χ1v) is 10.5. The average Bonchev–Trinajstić information content (AvgIpc) is 2.56. The molecule has 0 saturated heterocycles. The van der Waals surface area contributed by atoms with Crippen molar-refractivity contribution in [2.75, 3.05) is 0 Å². The number of aryl methyl sites for hydroxylation is 1. The van der Waals surface area contributed by atoms with Crippen molar-refractivity contribution in [1.29, 1.82) is 0 Å². The van der Waals surface area contributed by atoms with E-state index in [2.05, 4.69) is 33.8 Å². The number of hydrogen-bond acceptors (Lipinski definition) is 1. The summed E-state index contributed by atoms with van der Waals surface area (Å²) in [5.74, 6) is 0. The second-order valence-corrected chi connectivity index (χ2v) is 7.39. The first-order valence-electron chi connectivity index (χ1n) is 10.0. The zero-order valence-electron chi connectivity index (χ0n) is 16.0. The van der Waals surface area contributed by atoms with Crippen LogP contribution in [0.25, 0.3) is 0 Å². The van der Waals surface area contributed by atoms with Crippen LogP contribution in [0, 0.1) is 0 Å². The standard InChI is InChI=1S/C22H38S/c1-5-9-13-18-17-22(23)21(16-12-8-4)20(15-11-7-3)19(18)14-10-6-2/h17,23H,5-16H2,1-4H3. The Balaban J connectivity index is 3.26. The van der Waals surface area contributed by atoms with E-state index in [9.17, 15) is 0 Å². The third-order valence-electron chi connectivity index (χ3n) is 4.88. The minimum absolute atomic E-state index is 1.21. The maximum atomic E-state index is 4.89. The maximum Gasteiger partial charge on any atom is 0.00777 e. The van der Waals surface area contributed by atoms with Crippen LogP contribution >= 0.6 is 12.6 Å². The van der Waals surface area contributed by atoms with Crippen LogP contribution < -0.4 is 0 Å². The van der Waals surface area contributed by atoms with Crippen molar-refractivity contribution >= 4 is 12.6 Å². The summed E-state index contributed by atoms with van der Waals surface area (Å²) in [7, 11) is 0. The quantitative estimate of drug-likeness (QED) is 0.380. The van der Waals surface area contributed by atoms with E-state index in [1.807, 2.05) is 0 Å². The topological polar surface area (TPSA) is 0 Å². The Hall–Kier alpha value is -0.430. The smallest absolute Gasteiger partial charge is 0.00777 e. The van der Waals surface area contributed by atoms with Crippen molar-refractivity contribution in [2.24, 2.45) is 0 Å². The Morgan fingerprint density at radius 3 is 1.57 bits per heavy atom. The van der Waals surface area contributed by atoms with Gasteiger partial charge in [-0.25, -0.2) is 0 Å². The van der Waals surface area contributed by atoms with Crippen molar-refractivity contribution in [3.8, 4) is 0 Å².